The number of hydrogen-bond acceptors (Lipinski definition) is 3. The zero-order valence-corrected chi connectivity index (χ0v) is 15.2. The monoisotopic (exact) mass is 356 g/mol. The molecule has 0 aliphatic heterocycles. The standard InChI is InChI=1S/C20H24N2O4/c1-12(2)18(19(24)21-13(3)20(25)26)22-17(23)11-14-8-9-15-6-4-5-7-16(15)10-14/h4-10,12-13,18H,11H2,1-3H3,(H,21,24)(H,22,23)(H,25,26)/t13-,18?/m0/s1. The molecule has 2 rings (SSSR count). The van der Waals surface area contributed by atoms with Crippen LogP contribution in [0.4, 0.5) is 0 Å². The van der Waals surface area contributed by atoms with E-state index in [1.54, 1.807) is 13.8 Å². The highest BCUT2D eigenvalue weighted by Gasteiger charge is 2.26. The summed E-state index contributed by atoms with van der Waals surface area (Å²) in [4.78, 5) is 35.5. The third kappa shape index (κ3) is 5.05. The van der Waals surface area contributed by atoms with Gasteiger partial charge in [0.15, 0.2) is 0 Å². The fourth-order valence-corrected chi connectivity index (χ4v) is 2.66. The molecule has 0 saturated heterocycles. The first-order valence-corrected chi connectivity index (χ1v) is 8.58. The van der Waals surface area contributed by atoms with Gasteiger partial charge >= 0.3 is 5.97 Å². The quantitative estimate of drug-likeness (QED) is 0.708. The molecular formula is C20H24N2O4. The van der Waals surface area contributed by atoms with Crippen LogP contribution in [0.5, 0.6) is 0 Å². The Balaban J connectivity index is 2.04. The number of nitrogens with one attached hydrogen (secondary N) is 2. The summed E-state index contributed by atoms with van der Waals surface area (Å²) in [5.41, 5.74) is 0.850. The maximum atomic E-state index is 12.4. The Morgan fingerprint density at radius 1 is 0.962 bits per heavy atom. The van der Waals surface area contributed by atoms with Gasteiger partial charge in [-0.1, -0.05) is 56.3 Å². The molecule has 2 aromatic rings. The van der Waals surface area contributed by atoms with Crippen LogP contribution < -0.4 is 10.6 Å². The lowest BCUT2D eigenvalue weighted by Gasteiger charge is -2.23. The summed E-state index contributed by atoms with van der Waals surface area (Å²) < 4.78 is 0. The first-order chi connectivity index (χ1) is 12.3. The van der Waals surface area contributed by atoms with Crippen molar-refractivity contribution in [1.29, 1.82) is 0 Å². The molecule has 0 fully saturated rings. The van der Waals surface area contributed by atoms with E-state index in [1.807, 2.05) is 42.5 Å². The maximum absolute atomic E-state index is 12.4. The van der Waals surface area contributed by atoms with Crippen molar-refractivity contribution in [1.82, 2.24) is 10.6 Å². The van der Waals surface area contributed by atoms with Crippen molar-refractivity contribution in [3.63, 3.8) is 0 Å². The fourth-order valence-electron chi connectivity index (χ4n) is 2.66. The summed E-state index contributed by atoms with van der Waals surface area (Å²) in [6.07, 6.45) is 0.149. The van der Waals surface area contributed by atoms with Crippen molar-refractivity contribution < 1.29 is 19.5 Å². The molecule has 3 N–H and O–H groups in total. The molecule has 0 spiro atoms. The van der Waals surface area contributed by atoms with Gasteiger partial charge in [0.1, 0.15) is 12.1 Å². The lowest BCUT2D eigenvalue weighted by molar-refractivity contribution is -0.141. The van der Waals surface area contributed by atoms with Gasteiger partial charge in [-0.05, 0) is 29.2 Å². The van der Waals surface area contributed by atoms with Gasteiger partial charge in [0.2, 0.25) is 11.8 Å². The van der Waals surface area contributed by atoms with E-state index >= 15 is 0 Å². The minimum atomic E-state index is -1.12. The molecule has 26 heavy (non-hydrogen) atoms. The number of hydrogen-bond donors (Lipinski definition) is 3. The lowest BCUT2D eigenvalue weighted by atomic mass is 10.0. The molecule has 138 valence electrons. The SMILES string of the molecule is CC(C)C(NC(=O)Cc1ccc2ccccc2c1)C(=O)N[C@@H](C)C(=O)O. The van der Waals surface area contributed by atoms with E-state index in [4.69, 9.17) is 5.11 Å². The zero-order chi connectivity index (χ0) is 19.3. The molecule has 0 aliphatic carbocycles. The Morgan fingerprint density at radius 3 is 2.23 bits per heavy atom. The summed E-state index contributed by atoms with van der Waals surface area (Å²) >= 11 is 0. The molecule has 6 heteroatoms. The van der Waals surface area contributed by atoms with E-state index in [1.165, 1.54) is 6.92 Å². The molecule has 0 saturated carbocycles. The molecule has 2 atom stereocenters. The number of carbonyl (C=O) groups is 3. The lowest BCUT2D eigenvalue weighted by Crippen LogP contribution is -2.53. The van der Waals surface area contributed by atoms with Gasteiger partial charge in [-0.3, -0.25) is 14.4 Å². The number of fused-ring (bicyclic) bond motifs is 1. The third-order valence-electron chi connectivity index (χ3n) is 4.17. The predicted octanol–water partition coefficient (Wildman–Crippen LogP) is 2.11. The largest absolute Gasteiger partial charge is 0.480 e. The Kier molecular flexibility index (Phi) is 6.33. The van der Waals surface area contributed by atoms with Crippen LogP contribution in [0.1, 0.15) is 26.3 Å². The van der Waals surface area contributed by atoms with Crippen LogP contribution in [0.2, 0.25) is 0 Å². The minimum Gasteiger partial charge on any atom is -0.480 e. The van der Waals surface area contributed by atoms with Crippen molar-refractivity contribution in [2.45, 2.75) is 39.3 Å². The normalized spacial score (nSPS) is 13.2. The highest BCUT2D eigenvalue weighted by molar-refractivity contribution is 5.91. The second kappa shape index (κ2) is 8.47. The average molecular weight is 356 g/mol. The third-order valence-corrected chi connectivity index (χ3v) is 4.17. The number of rotatable bonds is 7. The Morgan fingerprint density at radius 2 is 1.62 bits per heavy atom. The number of carbonyl (C=O) groups excluding carboxylic acids is 2. The van der Waals surface area contributed by atoms with Crippen molar-refractivity contribution in [2.75, 3.05) is 0 Å². The van der Waals surface area contributed by atoms with Crippen molar-refractivity contribution >= 4 is 28.6 Å². The van der Waals surface area contributed by atoms with Crippen LogP contribution in [0.25, 0.3) is 10.8 Å². The van der Waals surface area contributed by atoms with Gasteiger partial charge in [0.05, 0.1) is 6.42 Å². The topological polar surface area (TPSA) is 95.5 Å². The smallest absolute Gasteiger partial charge is 0.325 e. The van der Waals surface area contributed by atoms with Crippen molar-refractivity contribution in [3.05, 3.63) is 48.0 Å². The molecule has 0 radical (unpaired) electrons. The number of benzene rings is 2. The van der Waals surface area contributed by atoms with Gasteiger partial charge < -0.3 is 15.7 Å². The van der Waals surface area contributed by atoms with Gasteiger partial charge in [-0.2, -0.15) is 0 Å². The van der Waals surface area contributed by atoms with E-state index in [9.17, 15) is 14.4 Å². The Bertz CT molecular complexity index is 816. The van der Waals surface area contributed by atoms with Gasteiger partial charge in [0, 0.05) is 0 Å². The molecule has 0 aromatic heterocycles. The van der Waals surface area contributed by atoms with Crippen LogP contribution in [0.3, 0.4) is 0 Å². The van der Waals surface area contributed by atoms with Crippen LogP contribution >= 0.6 is 0 Å². The highest BCUT2D eigenvalue weighted by Crippen LogP contribution is 2.16. The molecular weight excluding hydrogens is 332 g/mol. The van der Waals surface area contributed by atoms with E-state index in [-0.39, 0.29) is 18.2 Å². The number of carboxylic acid groups (broad SMARTS) is 1. The second-order valence-electron chi connectivity index (χ2n) is 6.72. The van der Waals surface area contributed by atoms with Crippen LogP contribution in [-0.4, -0.2) is 35.0 Å². The van der Waals surface area contributed by atoms with Crippen LogP contribution in [-0.2, 0) is 20.8 Å². The first-order valence-electron chi connectivity index (χ1n) is 8.58. The summed E-state index contributed by atoms with van der Waals surface area (Å²) in [7, 11) is 0. The highest BCUT2D eigenvalue weighted by atomic mass is 16.4. The second-order valence-corrected chi connectivity index (χ2v) is 6.72. The minimum absolute atomic E-state index is 0.149. The molecule has 6 nitrogen and oxygen atoms in total. The van der Waals surface area contributed by atoms with E-state index in [2.05, 4.69) is 10.6 Å². The van der Waals surface area contributed by atoms with Gasteiger partial charge in [0.25, 0.3) is 0 Å². The first kappa shape index (κ1) is 19.4. The molecule has 2 amide bonds. The van der Waals surface area contributed by atoms with Crippen LogP contribution in [0.15, 0.2) is 42.5 Å². The maximum Gasteiger partial charge on any atom is 0.325 e. The number of carboxylic acids is 1. The van der Waals surface area contributed by atoms with E-state index < -0.39 is 24.0 Å². The Labute approximate surface area is 152 Å². The average Bonchev–Trinajstić information content (AvgIpc) is 2.59. The van der Waals surface area contributed by atoms with Crippen molar-refractivity contribution in [3.8, 4) is 0 Å². The summed E-state index contributed by atoms with van der Waals surface area (Å²) in [6, 6.07) is 11.9. The predicted molar refractivity (Wildman–Crippen MR) is 99.7 cm³/mol. The fraction of sp³-hybridized carbons (Fsp3) is 0.350. The summed E-state index contributed by atoms with van der Waals surface area (Å²) in [6.45, 7) is 4.98. The summed E-state index contributed by atoms with van der Waals surface area (Å²) in [5.74, 6) is -2.07. The van der Waals surface area contributed by atoms with Gasteiger partial charge in [-0.15, -0.1) is 0 Å². The Hall–Kier alpha value is -2.89. The van der Waals surface area contributed by atoms with Gasteiger partial charge in [-0.25, -0.2) is 0 Å². The van der Waals surface area contributed by atoms with E-state index in [0.717, 1.165) is 16.3 Å². The molecule has 0 heterocycles. The van der Waals surface area contributed by atoms with E-state index in [0.29, 0.717) is 0 Å². The number of amides is 2. The number of aliphatic carboxylic acids is 1. The zero-order valence-electron chi connectivity index (χ0n) is 15.2. The van der Waals surface area contributed by atoms with Crippen LogP contribution in [0, 0.1) is 5.92 Å². The molecule has 0 aliphatic rings. The van der Waals surface area contributed by atoms with Crippen molar-refractivity contribution in [2.24, 2.45) is 5.92 Å². The molecule has 2 aromatic carbocycles. The summed E-state index contributed by atoms with van der Waals surface area (Å²) in [5, 5.41) is 16.2. The molecule has 0 bridgehead atoms. The molecule has 1 unspecified atom stereocenters.